The van der Waals surface area contributed by atoms with Crippen LogP contribution in [0.1, 0.15) is 38.1 Å². The van der Waals surface area contributed by atoms with Crippen LogP contribution in [0.5, 0.6) is 0 Å². The molecular formula is C18H23ClN6O. The number of amides is 1. The van der Waals surface area contributed by atoms with E-state index in [4.69, 9.17) is 11.6 Å². The van der Waals surface area contributed by atoms with Gasteiger partial charge in [-0.3, -0.25) is 4.79 Å². The van der Waals surface area contributed by atoms with Crippen molar-refractivity contribution in [2.24, 2.45) is 5.92 Å². The molecule has 0 bridgehead atoms. The molecule has 2 aromatic rings. The number of aromatic nitrogens is 4. The Morgan fingerprint density at radius 2 is 1.92 bits per heavy atom. The van der Waals surface area contributed by atoms with Gasteiger partial charge in [-0.15, -0.1) is 5.10 Å². The molecule has 0 spiro atoms. The molecule has 0 aromatic carbocycles. The fraction of sp³-hybridized carbons (Fsp3) is 0.500. The number of nitrogens with zero attached hydrogens (tertiary/aromatic N) is 5. The summed E-state index contributed by atoms with van der Waals surface area (Å²) in [5, 5.41) is 12.0. The van der Waals surface area contributed by atoms with E-state index in [2.05, 4.69) is 44.2 Å². The average Bonchev–Trinajstić information content (AvgIpc) is 2.69. The predicted molar refractivity (Wildman–Crippen MR) is 101 cm³/mol. The van der Waals surface area contributed by atoms with E-state index in [1.807, 2.05) is 0 Å². The minimum absolute atomic E-state index is 0.00547. The molecule has 3 heterocycles. The van der Waals surface area contributed by atoms with Crippen LogP contribution >= 0.6 is 11.6 Å². The summed E-state index contributed by atoms with van der Waals surface area (Å²) < 4.78 is 0. The van der Waals surface area contributed by atoms with Crippen molar-refractivity contribution in [2.45, 2.75) is 39.5 Å². The van der Waals surface area contributed by atoms with Crippen molar-refractivity contribution in [3.8, 4) is 0 Å². The Labute approximate surface area is 158 Å². The number of rotatable bonds is 5. The van der Waals surface area contributed by atoms with Gasteiger partial charge in [0.1, 0.15) is 5.82 Å². The smallest absolute Gasteiger partial charge is 0.245 e. The Kier molecular flexibility index (Phi) is 5.98. The number of piperidine rings is 1. The molecule has 1 saturated heterocycles. The van der Waals surface area contributed by atoms with Crippen LogP contribution in [0.4, 0.5) is 11.8 Å². The van der Waals surface area contributed by atoms with Crippen LogP contribution in [-0.2, 0) is 17.6 Å². The first-order valence-electron chi connectivity index (χ1n) is 9.00. The molecule has 0 atom stereocenters. The van der Waals surface area contributed by atoms with Crippen molar-refractivity contribution in [3.63, 3.8) is 0 Å². The van der Waals surface area contributed by atoms with Gasteiger partial charge in [0.05, 0.1) is 16.4 Å². The molecular weight excluding hydrogens is 352 g/mol. The van der Waals surface area contributed by atoms with Gasteiger partial charge in [0.25, 0.3) is 0 Å². The number of hydrogen-bond donors (Lipinski definition) is 1. The third-order valence-corrected chi connectivity index (χ3v) is 4.85. The Morgan fingerprint density at radius 3 is 2.54 bits per heavy atom. The van der Waals surface area contributed by atoms with Gasteiger partial charge in [-0.25, -0.2) is 9.97 Å². The lowest BCUT2D eigenvalue weighted by atomic mass is 9.96. The normalized spacial score (nSPS) is 15.1. The van der Waals surface area contributed by atoms with Crippen molar-refractivity contribution in [3.05, 3.63) is 34.7 Å². The number of halogens is 1. The van der Waals surface area contributed by atoms with E-state index in [1.54, 1.807) is 12.1 Å². The molecule has 8 heteroatoms. The summed E-state index contributed by atoms with van der Waals surface area (Å²) in [5.74, 6) is 1.14. The van der Waals surface area contributed by atoms with Crippen LogP contribution in [0, 0.1) is 5.92 Å². The highest BCUT2D eigenvalue weighted by atomic mass is 35.5. The quantitative estimate of drug-likeness (QED) is 0.866. The third kappa shape index (κ3) is 4.27. The van der Waals surface area contributed by atoms with Gasteiger partial charge < -0.3 is 10.2 Å². The highest BCUT2D eigenvalue weighted by Crippen LogP contribution is 2.22. The first-order valence-corrected chi connectivity index (χ1v) is 9.38. The second-order valence-electron chi connectivity index (χ2n) is 6.32. The maximum atomic E-state index is 12.4. The second-order valence-corrected chi connectivity index (χ2v) is 6.76. The zero-order valence-electron chi connectivity index (χ0n) is 15.1. The molecule has 1 amide bonds. The van der Waals surface area contributed by atoms with E-state index in [0.717, 1.165) is 50.2 Å². The van der Waals surface area contributed by atoms with Crippen molar-refractivity contribution in [1.29, 1.82) is 0 Å². The topological polar surface area (TPSA) is 83.9 Å². The number of carbonyl (C=O) groups is 1. The number of carbonyl (C=O) groups excluding carboxylic acids is 1. The summed E-state index contributed by atoms with van der Waals surface area (Å²) in [6.07, 6.45) is 4.71. The van der Waals surface area contributed by atoms with Gasteiger partial charge in [-0.2, -0.15) is 5.10 Å². The van der Waals surface area contributed by atoms with Gasteiger partial charge in [-0.1, -0.05) is 25.4 Å². The number of nitrogens with one attached hydrogen (secondary N) is 1. The Bertz CT molecular complexity index is 759. The first kappa shape index (κ1) is 18.5. The first-order chi connectivity index (χ1) is 12.6. The molecule has 26 heavy (non-hydrogen) atoms. The highest BCUT2D eigenvalue weighted by molar-refractivity contribution is 6.30. The molecule has 7 nitrogen and oxygen atoms in total. The average molecular weight is 375 g/mol. The molecule has 1 aliphatic rings. The molecule has 3 rings (SSSR count). The molecule has 1 fully saturated rings. The molecule has 138 valence electrons. The molecule has 0 saturated carbocycles. The SMILES string of the molecule is CCc1nnc(N2CCC(C(=O)Nc3ccc(Cl)cn3)CC2)nc1CC. The van der Waals surface area contributed by atoms with Gasteiger partial charge in [0.2, 0.25) is 11.9 Å². The third-order valence-electron chi connectivity index (χ3n) is 4.63. The van der Waals surface area contributed by atoms with Crippen LogP contribution < -0.4 is 10.2 Å². The van der Waals surface area contributed by atoms with Gasteiger partial charge in [-0.05, 0) is 37.8 Å². The van der Waals surface area contributed by atoms with E-state index in [1.165, 1.54) is 6.20 Å². The zero-order chi connectivity index (χ0) is 18.5. The Hall–Kier alpha value is -2.28. The molecule has 1 N–H and O–H groups in total. The van der Waals surface area contributed by atoms with Crippen molar-refractivity contribution >= 4 is 29.3 Å². The van der Waals surface area contributed by atoms with Crippen LogP contribution in [0.2, 0.25) is 5.02 Å². The van der Waals surface area contributed by atoms with Gasteiger partial charge in [0.15, 0.2) is 0 Å². The summed E-state index contributed by atoms with van der Waals surface area (Å²) in [7, 11) is 0. The fourth-order valence-electron chi connectivity index (χ4n) is 3.08. The summed E-state index contributed by atoms with van der Waals surface area (Å²) in [4.78, 5) is 23.3. The highest BCUT2D eigenvalue weighted by Gasteiger charge is 2.27. The van der Waals surface area contributed by atoms with Crippen LogP contribution in [0.15, 0.2) is 18.3 Å². The standard InChI is InChI=1S/C18H23ClN6O/c1-3-14-15(4-2)23-24-18(21-14)25-9-7-12(8-10-25)17(26)22-16-6-5-13(19)11-20-16/h5-6,11-12H,3-4,7-10H2,1-2H3,(H,20,22,26). The van der Waals surface area contributed by atoms with E-state index < -0.39 is 0 Å². The molecule has 0 unspecified atom stereocenters. The monoisotopic (exact) mass is 374 g/mol. The van der Waals surface area contributed by atoms with E-state index in [9.17, 15) is 4.79 Å². The molecule has 0 aliphatic carbocycles. The second kappa shape index (κ2) is 8.40. The van der Waals surface area contributed by atoms with E-state index in [-0.39, 0.29) is 11.8 Å². The lowest BCUT2D eigenvalue weighted by Crippen LogP contribution is -2.39. The van der Waals surface area contributed by atoms with Gasteiger partial charge in [0, 0.05) is 25.2 Å². The minimum Gasteiger partial charge on any atom is -0.339 e. The maximum Gasteiger partial charge on any atom is 0.245 e. The number of anilines is 2. The maximum absolute atomic E-state index is 12.4. The lowest BCUT2D eigenvalue weighted by molar-refractivity contribution is -0.120. The minimum atomic E-state index is -0.0442. The number of pyridine rings is 1. The number of hydrogen-bond acceptors (Lipinski definition) is 6. The molecule has 2 aromatic heterocycles. The summed E-state index contributed by atoms with van der Waals surface area (Å²) in [5.41, 5.74) is 1.96. The Balaban J connectivity index is 1.58. The zero-order valence-corrected chi connectivity index (χ0v) is 15.8. The van der Waals surface area contributed by atoms with Crippen LogP contribution in [0.3, 0.4) is 0 Å². The van der Waals surface area contributed by atoms with E-state index >= 15 is 0 Å². The summed E-state index contributed by atoms with van der Waals surface area (Å²) in [6, 6.07) is 3.42. The largest absolute Gasteiger partial charge is 0.339 e. The van der Waals surface area contributed by atoms with E-state index in [0.29, 0.717) is 16.8 Å². The predicted octanol–water partition coefficient (Wildman–Crippen LogP) is 2.90. The summed E-state index contributed by atoms with van der Waals surface area (Å²) >= 11 is 5.81. The lowest BCUT2D eigenvalue weighted by Gasteiger charge is -2.31. The van der Waals surface area contributed by atoms with Crippen molar-refractivity contribution in [2.75, 3.05) is 23.3 Å². The summed E-state index contributed by atoms with van der Waals surface area (Å²) in [6.45, 7) is 5.61. The fourth-order valence-corrected chi connectivity index (χ4v) is 3.19. The Morgan fingerprint density at radius 1 is 1.19 bits per heavy atom. The number of aryl methyl sites for hydroxylation is 2. The molecule has 1 aliphatic heterocycles. The molecule has 0 radical (unpaired) electrons. The van der Waals surface area contributed by atoms with Crippen LogP contribution in [-0.4, -0.2) is 39.2 Å². The van der Waals surface area contributed by atoms with Gasteiger partial charge >= 0.3 is 0 Å². The van der Waals surface area contributed by atoms with Crippen molar-refractivity contribution < 1.29 is 4.79 Å². The van der Waals surface area contributed by atoms with Crippen molar-refractivity contribution in [1.82, 2.24) is 20.2 Å². The van der Waals surface area contributed by atoms with Crippen LogP contribution in [0.25, 0.3) is 0 Å².